The average molecular weight is 269 g/mol. The monoisotopic (exact) mass is 268 g/mol. The Bertz CT molecular complexity index is 543. The Balaban J connectivity index is 2.26. The quantitative estimate of drug-likeness (QED) is 0.802. The molecule has 17 heavy (non-hydrogen) atoms. The van der Waals surface area contributed by atoms with Crippen LogP contribution in [-0.2, 0) is 13.5 Å². The van der Waals surface area contributed by atoms with Gasteiger partial charge in [0.05, 0.1) is 27.7 Å². The number of aryl methyl sites for hydroxylation is 1. The number of Topliss-reactive ketones (excluding diaryl/α,β-unsaturated/α-hetero) is 1. The van der Waals surface area contributed by atoms with Gasteiger partial charge in [-0.3, -0.25) is 9.48 Å². The number of benzene rings is 1. The topological polar surface area (TPSA) is 34.9 Å². The van der Waals surface area contributed by atoms with Crippen LogP contribution in [0.25, 0.3) is 0 Å². The molecule has 0 amide bonds. The highest BCUT2D eigenvalue weighted by Gasteiger charge is 2.15. The maximum absolute atomic E-state index is 12.0. The molecule has 0 bridgehead atoms. The Morgan fingerprint density at radius 2 is 1.94 bits per heavy atom. The summed E-state index contributed by atoms with van der Waals surface area (Å²) in [6, 6.07) is 6.81. The van der Waals surface area contributed by atoms with Gasteiger partial charge < -0.3 is 0 Å². The van der Waals surface area contributed by atoms with Crippen LogP contribution in [-0.4, -0.2) is 15.6 Å². The van der Waals surface area contributed by atoms with Crippen molar-refractivity contribution in [2.45, 2.75) is 6.42 Å². The van der Waals surface area contributed by atoms with Crippen molar-refractivity contribution in [2.24, 2.45) is 7.05 Å². The normalized spacial score (nSPS) is 10.5. The molecule has 5 heteroatoms. The lowest BCUT2D eigenvalue weighted by Crippen LogP contribution is -2.06. The fraction of sp³-hybridized carbons (Fsp3) is 0.167. The first-order valence-electron chi connectivity index (χ1n) is 5.03. The number of aromatic nitrogens is 2. The molecule has 1 heterocycles. The molecule has 88 valence electrons. The van der Waals surface area contributed by atoms with Gasteiger partial charge in [-0.25, -0.2) is 0 Å². The maximum Gasteiger partial charge on any atom is 0.171 e. The summed E-state index contributed by atoms with van der Waals surface area (Å²) in [5.41, 5.74) is 1.06. The SMILES string of the molecule is Cn1ccc(CC(=O)c2c(Cl)cccc2Cl)n1. The summed E-state index contributed by atoms with van der Waals surface area (Å²) in [6.07, 6.45) is 1.99. The molecule has 0 spiro atoms. The second-order valence-electron chi connectivity index (χ2n) is 3.68. The fourth-order valence-electron chi connectivity index (χ4n) is 1.57. The fourth-order valence-corrected chi connectivity index (χ4v) is 2.18. The molecule has 1 aromatic carbocycles. The van der Waals surface area contributed by atoms with Crippen molar-refractivity contribution in [3.63, 3.8) is 0 Å². The minimum atomic E-state index is -0.126. The van der Waals surface area contributed by atoms with Crippen LogP contribution in [0.3, 0.4) is 0 Å². The summed E-state index contributed by atoms with van der Waals surface area (Å²) in [4.78, 5) is 12.0. The van der Waals surface area contributed by atoms with E-state index in [0.717, 1.165) is 0 Å². The smallest absolute Gasteiger partial charge is 0.171 e. The van der Waals surface area contributed by atoms with Crippen molar-refractivity contribution in [2.75, 3.05) is 0 Å². The van der Waals surface area contributed by atoms with Crippen LogP contribution in [0.2, 0.25) is 10.0 Å². The molecule has 0 unspecified atom stereocenters. The van der Waals surface area contributed by atoms with Gasteiger partial charge in [-0.1, -0.05) is 29.3 Å². The molecular weight excluding hydrogens is 259 g/mol. The average Bonchev–Trinajstić information content (AvgIpc) is 2.63. The van der Waals surface area contributed by atoms with Gasteiger partial charge in [0.25, 0.3) is 0 Å². The molecule has 0 atom stereocenters. The van der Waals surface area contributed by atoms with E-state index in [0.29, 0.717) is 21.3 Å². The van der Waals surface area contributed by atoms with Crippen LogP contribution in [0.4, 0.5) is 0 Å². The number of hydrogen-bond donors (Lipinski definition) is 0. The lowest BCUT2D eigenvalue weighted by molar-refractivity contribution is 0.0992. The van der Waals surface area contributed by atoms with E-state index in [9.17, 15) is 4.79 Å². The van der Waals surface area contributed by atoms with E-state index < -0.39 is 0 Å². The molecule has 0 aliphatic carbocycles. The third kappa shape index (κ3) is 2.68. The largest absolute Gasteiger partial charge is 0.294 e. The third-order valence-corrected chi connectivity index (χ3v) is 2.98. The van der Waals surface area contributed by atoms with E-state index in [2.05, 4.69) is 5.10 Å². The molecule has 0 aliphatic rings. The van der Waals surface area contributed by atoms with Gasteiger partial charge in [-0.05, 0) is 18.2 Å². The number of halogens is 2. The van der Waals surface area contributed by atoms with E-state index in [1.165, 1.54) is 0 Å². The molecule has 0 aliphatic heterocycles. The summed E-state index contributed by atoms with van der Waals surface area (Å²) >= 11 is 11.9. The Labute approximate surface area is 109 Å². The third-order valence-electron chi connectivity index (χ3n) is 2.35. The Kier molecular flexibility index (Phi) is 3.50. The van der Waals surface area contributed by atoms with Gasteiger partial charge in [0, 0.05) is 13.2 Å². The second kappa shape index (κ2) is 4.90. The van der Waals surface area contributed by atoms with E-state index >= 15 is 0 Å². The van der Waals surface area contributed by atoms with Crippen molar-refractivity contribution in [1.29, 1.82) is 0 Å². The summed E-state index contributed by atoms with van der Waals surface area (Å²) < 4.78 is 1.65. The Morgan fingerprint density at radius 1 is 1.29 bits per heavy atom. The molecule has 3 nitrogen and oxygen atoms in total. The number of carbonyl (C=O) groups excluding carboxylic acids is 1. The van der Waals surface area contributed by atoms with E-state index in [1.807, 2.05) is 0 Å². The van der Waals surface area contributed by atoms with Crippen LogP contribution in [0.5, 0.6) is 0 Å². The van der Waals surface area contributed by atoms with Crippen LogP contribution in [0, 0.1) is 0 Å². The van der Waals surface area contributed by atoms with Crippen molar-refractivity contribution in [3.8, 4) is 0 Å². The minimum Gasteiger partial charge on any atom is -0.294 e. The van der Waals surface area contributed by atoms with Crippen molar-refractivity contribution in [3.05, 3.63) is 51.8 Å². The van der Waals surface area contributed by atoms with Crippen molar-refractivity contribution in [1.82, 2.24) is 9.78 Å². The predicted molar refractivity (Wildman–Crippen MR) is 67.7 cm³/mol. The maximum atomic E-state index is 12.0. The lowest BCUT2D eigenvalue weighted by atomic mass is 10.1. The van der Waals surface area contributed by atoms with Crippen molar-refractivity contribution < 1.29 is 4.79 Å². The van der Waals surface area contributed by atoms with Crippen LogP contribution >= 0.6 is 23.2 Å². The zero-order chi connectivity index (χ0) is 12.4. The molecule has 0 fully saturated rings. The number of nitrogens with zero attached hydrogens (tertiary/aromatic N) is 2. The summed E-state index contributed by atoms with van der Waals surface area (Å²) in [5, 5.41) is 4.89. The first-order chi connectivity index (χ1) is 8.08. The second-order valence-corrected chi connectivity index (χ2v) is 4.49. The molecular formula is C12H10Cl2N2O. The standard InChI is InChI=1S/C12H10Cl2N2O/c1-16-6-5-8(15-16)7-11(17)12-9(13)3-2-4-10(12)14/h2-6H,7H2,1H3. The van der Waals surface area contributed by atoms with E-state index in [-0.39, 0.29) is 12.2 Å². The van der Waals surface area contributed by atoms with Gasteiger partial charge in [-0.2, -0.15) is 5.10 Å². The number of ketones is 1. The summed E-state index contributed by atoms with van der Waals surface area (Å²) in [5.74, 6) is -0.126. The summed E-state index contributed by atoms with van der Waals surface area (Å²) in [6.45, 7) is 0. The zero-order valence-electron chi connectivity index (χ0n) is 9.15. The highest BCUT2D eigenvalue weighted by Crippen LogP contribution is 2.25. The summed E-state index contributed by atoms with van der Waals surface area (Å²) in [7, 11) is 1.80. The molecule has 0 saturated heterocycles. The highest BCUT2D eigenvalue weighted by atomic mass is 35.5. The molecule has 2 rings (SSSR count). The molecule has 1 aromatic heterocycles. The lowest BCUT2D eigenvalue weighted by Gasteiger charge is -2.04. The van der Waals surface area contributed by atoms with Gasteiger partial charge >= 0.3 is 0 Å². The van der Waals surface area contributed by atoms with Gasteiger partial charge in [0.15, 0.2) is 5.78 Å². The highest BCUT2D eigenvalue weighted by molar-refractivity contribution is 6.39. The number of carbonyl (C=O) groups is 1. The number of hydrogen-bond acceptors (Lipinski definition) is 2. The molecule has 0 N–H and O–H groups in total. The minimum absolute atomic E-state index is 0.126. The Morgan fingerprint density at radius 3 is 2.47 bits per heavy atom. The molecule has 2 aromatic rings. The first-order valence-corrected chi connectivity index (χ1v) is 5.79. The number of rotatable bonds is 3. The van der Waals surface area contributed by atoms with Crippen LogP contribution in [0.1, 0.15) is 16.1 Å². The predicted octanol–water partition coefficient (Wildman–Crippen LogP) is 3.15. The van der Waals surface area contributed by atoms with Crippen LogP contribution < -0.4 is 0 Å². The zero-order valence-corrected chi connectivity index (χ0v) is 10.7. The van der Waals surface area contributed by atoms with E-state index in [1.54, 1.807) is 42.2 Å². The molecule has 0 radical (unpaired) electrons. The van der Waals surface area contributed by atoms with Gasteiger partial charge in [0.2, 0.25) is 0 Å². The van der Waals surface area contributed by atoms with Crippen molar-refractivity contribution >= 4 is 29.0 Å². The first kappa shape index (κ1) is 12.1. The van der Waals surface area contributed by atoms with Gasteiger partial charge in [-0.15, -0.1) is 0 Å². The molecule has 0 saturated carbocycles. The Hall–Kier alpha value is -1.32. The van der Waals surface area contributed by atoms with E-state index in [4.69, 9.17) is 23.2 Å². The van der Waals surface area contributed by atoms with Crippen LogP contribution in [0.15, 0.2) is 30.5 Å². The van der Waals surface area contributed by atoms with Gasteiger partial charge in [0.1, 0.15) is 0 Å².